The van der Waals surface area contributed by atoms with Gasteiger partial charge in [0.15, 0.2) is 0 Å². The minimum absolute atomic E-state index is 0.105. The summed E-state index contributed by atoms with van der Waals surface area (Å²) in [6.07, 6.45) is -0.0446. The summed E-state index contributed by atoms with van der Waals surface area (Å²) in [4.78, 5) is 1.84. The normalized spacial score (nSPS) is 24.0. The molecule has 1 aliphatic rings. The number of ether oxygens (including phenoxy) is 1. The molecule has 0 bridgehead atoms. The number of nitrogens with zero attached hydrogens (tertiary/aromatic N) is 1. The first kappa shape index (κ1) is 11.9. The molecule has 4 heteroatoms. The molecule has 0 aromatic carbocycles. The molecule has 84 valence electrons. The average Bonchev–Trinajstić information content (AvgIpc) is 2.47. The number of likely N-dealkylation sites (tertiary alicyclic amines) is 1. The number of rotatable bonds is 5. The van der Waals surface area contributed by atoms with E-state index in [9.17, 15) is 8.78 Å². The number of hydrogen-bond donors (Lipinski definition) is 0. The summed E-state index contributed by atoms with van der Waals surface area (Å²) in [5, 5.41) is 0. The van der Waals surface area contributed by atoms with Gasteiger partial charge in [-0.1, -0.05) is 0 Å². The zero-order valence-corrected chi connectivity index (χ0v) is 8.88. The zero-order chi connectivity index (χ0) is 10.6. The van der Waals surface area contributed by atoms with Crippen LogP contribution >= 0.6 is 0 Å². The maximum absolute atomic E-state index is 12.2. The van der Waals surface area contributed by atoms with Crippen LogP contribution in [-0.4, -0.2) is 43.2 Å². The molecule has 1 rings (SSSR count). The third kappa shape index (κ3) is 3.88. The summed E-state index contributed by atoms with van der Waals surface area (Å²) in [5.41, 5.74) is 0. The van der Waals surface area contributed by atoms with Crippen molar-refractivity contribution >= 4 is 0 Å². The van der Waals surface area contributed by atoms with Crippen molar-refractivity contribution in [2.24, 2.45) is 0 Å². The molecule has 2 nitrogen and oxygen atoms in total. The summed E-state index contributed by atoms with van der Waals surface area (Å²) < 4.78 is 29.8. The van der Waals surface area contributed by atoms with Gasteiger partial charge in [-0.3, -0.25) is 4.90 Å². The lowest BCUT2D eigenvalue weighted by molar-refractivity contribution is 0.0179. The smallest absolute Gasteiger partial charge is 0.251 e. The van der Waals surface area contributed by atoms with Crippen LogP contribution < -0.4 is 0 Å². The van der Waals surface area contributed by atoms with Gasteiger partial charge in [0.2, 0.25) is 0 Å². The second-order valence-corrected chi connectivity index (χ2v) is 4.06. The first-order valence-corrected chi connectivity index (χ1v) is 5.23. The number of hydrogen-bond acceptors (Lipinski definition) is 2. The van der Waals surface area contributed by atoms with E-state index < -0.39 is 6.43 Å². The predicted octanol–water partition coefficient (Wildman–Crippen LogP) is 2.14. The molecule has 14 heavy (non-hydrogen) atoms. The molecule has 0 amide bonds. The molecule has 1 saturated heterocycles. The minimum atomic E-state index is -2.23. The lowest BCUT2D eigenvalue weighted by Crippen LogP contribution is -2.37. The summed E-state index contributed by atoms with van der Waals surface area (Å²) in [5.74, 6) is 0. The van der Waals surface area contributed by atoms with Crippen LogP contribution in [0.3, 0.4) is 0 Å². The van der Waals surface area contributed by atoms with Gasteiger partial charge < -0.3 is 4.74 Å². The van der Waals surface area contributed by atoms with Gasteiger partial charge in [0, 0.05) is 6.04 Å². The Morgan fingerprint density at radius 1 is 1.43 bits per heavy atom. The highest BCUT2D eigenvalue weighted by Crippen LogP contribution is 2.18. The lowest BCUT2D eigenvalue weighted by Gasteiger charge is -2.24. The van der Waals surface area contributed by atoms with Crippen LogP contribution in [-0.2, 0) is 4.74 Å². The van der Waals surface area contributed by atoms with E-state index >= 15 is 0 Å². The molecule has 0 unspecified atom stereocenters. The van der Waals surface area contributed by atoms with Crippen LogP contribution in [0, 0.1) is 0 Å². The van der Waals surface area contributed by atoms with E-state index in [1.54, 1.807) is 0 Å². The Kier molecular flexibility index (Phi) is 4.75. The number of alkyl halides is 2. The lowest BCUT2D eigenvalue weighted by atomic mass is 10.2. The Hall–Kier alpha value is -0.220. The van der Waals surface area contributed by atoms with Gasteiger partial charge in [0.25, 0.3) is 6.43 Å². The molecule has 1 heterocycles. The minimum Gasteiger partial charge on any atom is -0.377 e. The molecule has 1 aliphatic heterocycles. The standard InChI is InChI=1S/C10H19F2NO/c1-8(2)14-7-9-4-3-5-13(9)6-10(11)12/h8-10H,3-7H2,1-2H3/t9-/m0/s1. The summed E-state index contributed by atoms with van der Waals surface area (Å²) in [7, 11) is 0. The number of halogens is 2. The molecular formula is C10H19F2NO. The van der Waals surface area contributed by atoms with Crippen molar-refractivity contribution in [2.75, 3.05) is 19.7 Å². The first-order valence-electron chi connectivity index (χ1n) is 5.23. The second-order valence-electron chi connectivity index (χ2n) is 4.06. The zero-order valence-electron chi connectivity index (χ0n) is 8.88. The maximum atomic E-state index is 12.2. The van der Waals surface area contributed by atoms with Crippen LogP contribution in [0.5, 0.6) is 0 Å². The van der Waals surface area contributed by atoms with Crippen molar-refractivity contribution in [1.82, 2.24) is 4.90 Å². The Labute approximate surface area is 84.2 Å². The molecular weight excluding hydrogens is 188 g/mol. The highest BCUT2D eigenvalue weighted by Gasteiger charge is 2.26. The molecule has 0 aromatic rings. The van der Waals surface area contributed by atoms with Crippen molar-refractivity contribution < 1.29 is 13.5 Å². The molecule has 0 spiro atoms. The molecule has 0 aliphatic carbocycles. The van der Waals surface area contributed by atoms with Crippen molar-refractivity contribution in [3.05, 3.63) is 0 Å². The highest BCUT2D eigenvalue weighted by atomic mass is 19.3. The van der Waals surface area contributed by atoms with Gasteiger partial charge >= 0.3 is 0 Å². The third-order valence-electron chi connectivity index (χ3n) is 2.49. The Morgan fingerprint density at radius 2 is 2.14 bits per heavy atom. The Morgan fingerprint density at radius 3 is 2.71 bits per heavy atom. The van der Waals surface area contributed by atoms with Gasteiger partial charge in [0.1, 0.15) is 0 Å². The fourth-order valence-electron chi connectivity index (χ4n) is 1.81. The van der Waals surface area contributed by atoms with E-state index in [-0.39, 0.29) is 18.7 Å². The largest absolute Gasteiger partial charge is 0.377 e. The Balaban J connectivity index is 2.28. The van der Waals surface area contributed by atoms with Gasteiger partial charge in [-0.25, -0.2) is 8.78 Å². The van der Waals surface area contributed by atoms with Crippen molar-refractivity contribution in [3.63, 3.8) is 0 Å². The van der Waals surface area contributed by atoms with Gasteiger partial charge in [-0.2, -0.15) is 0 Å². The van der Waals surface area contributed by atoms with Crippen molar-refractivity contribution in [2.45, 2.75) is 45.3 Å². The summed E-state index contributed by atoms with van der Waals surface area (Å²) >= 11 is 0. The summed E-state index contributed by atoms with van der Waals surface area (Å²) in [6.45, 7) is 5.20. The average molecular weight is 207 g/mol. The van der Waals surface area contributed by atoms with Crippen LogP contribution in [0.4, 0.5) is 8.78 Å². The predicted molar refractivity (Wildman–Crippen MR) is 51.7 cm³/mol. The fraction of sp³-hybridized carbons (Fsp3) is 1.00. The maximum Gasteiger partial charge on any atom is 0.251 e. The van der Waals surface area contributed by atoms with Gasteiger partial charge in [-0.15, -0.1) is 0 Å². The van der Waals surface area contributed by atoms with E-state index in [1.165, 1.54) is 0 Å². The molecule has 0 aromatic heterocycles. The first-order chi connectivity index (χ1) is 6.59. The van der Waals surface area contributed by atoms with Crippen molar-refractivity contribution in [1.29, 1.82) is 0 Å². The molecule has 1 atom stereocenters. The monoisotopic (exact) mass is 207 g/mol. The molecule has 0 saturated carbocycles. The van der Waals surface area contributed by atoms with Crippen LogP contribution in [0.15, 0.2) is 0 Å². The second kappa shape index (κ2) is 5.61. The van der Waals surface area contributed by atoms with E-state index in [4.69, 9.17) is 4.74 Å². The Bertz CT molecular complexity index is 164. The van der Waals surface area contributed by atoms with E-state index in [1.807, 2.05) is 18.7 Å². The highest BCUT2D eigenvalue weighted by molar-refractivity contribution is 4.79. The van der Waals surface area contributed by atoms with E-state index in [0.29, 0.717) is 6.61 Å². The van der Waals surface area contributed by atoms with Gasteiger partial charge in [0.05, 0.1) is 19.3 Å². The SMILES string of the molecule is CC(C)OC[C@@H]1CCCN1CC(F)F. The van der Waals surface area contributed by atoms with Crippen LogP contribution in [0.2, 0.25) is 0 Å². The fourth-order valence-corrected chi connectivity index (χ4v) is 1.81. The van der Waals surface area contributed by atoms with E-state index in [2.05, 4.69) is 0 Å². The van der Waals surface area contributed by atoms with Crippen molar-refractivity contribution in [3.8, 4) is 0 Å². The topological polar surface area (TPSA) is 12.5 Å². The summed E-state index contributed by atoms with van der Waals surface area (Å²) in [6, 6.07) is 0.200. The molecule has 1 fully saturated rings. The van der Waals surface area contributed by atoms with Gasteiger partial charge in [-0.05, 0) is 33.2 Å². The van der Waals surface area contributed by atoms with Crippen LogP contribution in [0.25, 0.3) is 0 Å². The van der Waals surface area contributed by atoms with Crippen LogP contribution in [0.1, 0.15) is 26.7 Å². The quantitative estimate of drug-likeness (QED) is 0.685. The third-order valence-corrected chi connectivity index (χ3v) is 2.49. The van der Waals surface area contributed by atoms with E-state index in [0.717, 1.165) is 19.4 Å². The molecule has 0 radical (unpaired) electrons. The molecule has 0 N–H and O–H groups in total.